The molecule has 2 N–H and O–H groups in total. The molecule has 2 heterocycles. The molecule has 0 unspecified atom stereocenters. The molecule has 1 aliphatic heterocycles. The van der Waals surface area contributed by atoms with Crippen molar-refractivity contribution >= 4 is 11.9 Å². The van der Waals surface area contributed by atoms with Crippen LogP contribution in [0.15, 0.2) is 35.3 Å². The van der Waals surface area contributed by atoms with Gasteiger partial charge in [0.2, 0.25) is 5.91 Å². The predicted octanol–water partition coefficient (Wildman–Crippen LogP) is 1.70. The number of benzene rings is 1. The molecule has 1 aliphatic rings. The van der Waals surface area contributed by atoms with E-state index < -0.39 is 0 Å². The quantitative estimate of drug-likeness (QED) is 0.926. The number of rotatable bonds is 4. The van der Waals surface area contributed by atoms with Crippen molar-refractivity contribution in [3.63, 3.8) is 0 Å². The van der Waals surface area contributed by atoms with Crippen LogP contribution in [0.2, 0.25) is 0 Å². The van der Waals surface area contributed by atoms with Crippen molar-refractivity contribution in [2.24, 2.45) is 17.8 Å². The fourth-order valence-electron chi connectivity index (χ4n) is 2.74. The van der Waals surface area contributed by atoms with E-state index in [0.29, 0.717) is 6.61 Å². The summed E-state index contributed by atoms with van der Waals surface area (Å²) in [6.45, 7) is 2.56. The first-order valence-electron chi connectivity index (χ1n) is 7.86. The first-order chi connectivity index (χ1) is 11.5. The summed E-state index contributed by atoms with van der Waals surface area (Å²) in [6, 6.07) is 9.42. The Labute approximate surface area is 140 Å². The molecule has 1 aromatic heterocycles. The van der Waals surface area contributed by atoms with Gasteiger partial charge < -0.3 is 10.5 Å². The average Bonchev–Trinajstić information content (AvgIpc) is 2.95. The highest BCUT2D eigenvalue weighted by atomic mass is 16.5. The van der Waals surface area contributed by atoms with E-state index in [4.69, 9.17) is 10.5 Å². The van der Waals surface area contributed by atoms with Crippen LogP contribution in [0.25, 0.3) is 11.3 Å². The normalized spacial score (nSPS) is 17.8. The lowest BCUT2D eigenvalue weighted by atomic mass is 10.1. The molecule has 7 nitrogen and oxygen atoms in total. The molecule has 0 aliphatic carbocycles. The Morgan fingerprint density at radius 3 is 2.83 bits per heavy atom. The van der Waals surface area contributed by atoms with E-state index in [-0.39, 0.29) is 24.3 Å². The van der Waals surface area contributed by atoms with Crippen LogP contribution in [-0.4, -0.2) is 40.2 Å². The highest BCUT2D eigenvalue weighted by Gasteiger charge is 2.28. The second kappa shape index (κ2) is 6.35. The minimum atomic E-state index is -0.310. The predicted molar refractivity (Wildman–Crippen MR) is 91.6 cm³/mol. The number of guanidine groups is 1. The van der Waals surface area contributed by atoms with E-state index in [1.807, 2.05) is 44.3 Å². The molecule has 0 bridgehead atoms. The van der Waals surface area contributed by atoms with Crippen LogP contribution in [0.4, 0.5) is 0 Å². The molecule has 0 radical (unpaired) electrons. The molecule has 0 saturated carbocycles. The van der Waals surface area contributed by atoms with Crippen molar-refractivity contribution in [3.05, 3.63) is 36.0 Å². The van der Waals surface area contributed by atoms with Gasteiger partial charge in [0, 0.05) is 19.7 Å². The molecule has 126 valence electrons. The Morgan fingerprint density at radius 2 is 2.12 bits per heavy atom. The zero-order valence-corrected chi connectivity index (χ0v) is 14.1. The zero-order valence-electron chi connectivity index (χ0n) is 14.1. The summed E-state index contributed by atoms with van der Waals surface area (Å²) in [5.74, 6) is 0.991. The number of hydrogen-bond donors (Lipinski definition) is 1. The van der Waals surface area contributed by atoms with E-state index in [2.05, 4.69) is 10.1 Å². The van der Waals surface area contributed by atoms with Crippen LogP contribution in [-0.2, 0) is 11.8 Å². The minimum absolute atomic E-state index is 0.0476. The summed E-state index contributed by atoms with van der Waals surface area (Å²) in [7, 11) is 3.48. The van der Waals surface area contributed by atoms with Gasteiger partial charge >= 0.3 is 0 Å². The van der Waals surface area contributed by atoms with Gasteiger partial charge in [0.05, 0.1) is 24.4 Å². The average molecular weight is 327 g/mol. The number of carbonyl (C=O) groups is 1. The summed E-state index contributed by atoms with van der Waals surface area (Å²) in [5, 5.41) is 4.55. The van der Waals surface area contributed by atoms with Crippen LogP contribution in [0, 0.1) is 0 Å². The Hall–Kier alpha value is -2.83. The Bertz CT molecular complexity index is 796. The van der Waals surface area contributed by atoms with Crippen molar-refractivity contribution < 1.29 is 9.53 Å². The van der Waals surface area contributed by atoms with Gasteiger partial charge in [-0.1, -0.05) is 12.1 Å². The van der Waals surface area contributed by atoms with Gasteiger partial charge in [-0.2, -0.15) is 5.10 Å². The second-order valence-electron chi connectivity index (χ2n) is 5.70. The number of carbonyl (C=O) groups excluding carboxylic acids is 1. The summed E-state index contributed by atoms with van der Waals surface area (Å²) in [6.07, 6.45) is 0.287. The third kappa shape index (κ3) is 2.97. The Morgan fingerprint density at radius 1 is 1.33 bits per heavy atom. The molecular weight excluding hydrogens is 306 g/mol. The van der Waals surface area contributed by atoms with E-state index in [0.717, 1.165) is 22.7 Å². The van der Waals surface area contributed by atoms with Gasteiger partial charge in [-0.3, -0.25) is 14.4 Å². The van der Waals surface area contributed by atoms with Crippen molar-refractivity contribution in [2.75, 3.05) is 13.7 Å². The van der Waals surface area contributed by atoms with Gasteiger partial charge in [0.1, 0.15) is 11.8 Å². The number of ether oxygens (including phenoxy) is 1. The lowest BCUT2D eigenvalue weighted by Gasteiger charge is -2.25. The highest BCUT2D eigenvalue weighted by Crippen LogP contribution is 2.30. The molecule has 1 atom stereocenters. The number of nitrogens with two attached hydrogens (primary N) is 1. The zero-order chi connectivity index (χ0) is 17.3. The maximum atomic E-state index is 12.0. The van der Waals surface area contributed by atoms with E-state index >= 15 is 0 Å². The lowest BCUT2D eigenvalue weighted by molar-refractivity contribution is -0.127. The number of aromatic nitrogens is 2. The molecule has 3 rings (SSSR count). The number of amides is 1. The topological polar surface area (TPSA) is 85.7 Å². The van der Waals surface area contributed by atoms with Gasteiger partial charge in [-0.15, -0.1) is 0 Å². The Balaban J connectivity index is 1.94. The van der Waals surface area contributed by atoms with Crippen LogP contribution in [0.3, 0.4) is 0 Å². The second-order valence-corrected chi connectivity index (χ2v) is 5.70. The van der Waals surface area contributed by atoms with Gasteiger partial charge in [-0.25, -0.2) is 4.99 Å². The standard InChI is InChI=1S/C17H21N5O2/c1-4-24-12-7-5-6-11(8-12)13-9-15(22(3)20-13)14-10-16(23)21(2)17(18)19-14/h5-9,14H,4,10H2,1-3H3,(H2,18,19)/t14-/m0/s1. The van der Waals surface area contributed by atoms with Gasteiger partial charge in [0.25, 0.3) is 0 Å². The summed E-state index contributed by atoms with van der Waals surface area (Å²) < 4.78 is 7.29. The van der Waals surface area contributed by atoms with Gasteiger partial charge in [-0.05, 0) is 25.1 Å². The largest absolute Gasteiger partial charge is 0.494 e. The van der Waals surface area contributed by atoms with Crippen LogP contribution in [0.1, 0.15) is 25.1 Å². The van der Waals surface area contributed by atoms with Crippen LogP contribution < -0.4 is 10.5 Å². The van der Waals surface area contributed by atoms with Crippen LogP contribution >= 0.6 is 0 Å². The molecule has 24 heavy (non-hydrogen) atoms. The van der Waals surface area contributed by atoms with E-state index in [1.54, 1.807) is 11.7 Å². The number of hydrogen-bond acceptors (Lipinski definition) is 5. The monoisotopic (exact) mass is 327 g/mol. The smallest absolute Gasteiger partial charge is 0.231 e. The number of aryl methyl sites for hydroxylation is 1. The summed E-state index contributed by atoms with van der Waals surface area (Å²) >= 11 is 0. The first-order valence-corrected chi connectivity index (χ1v) is 7.86. The molecule has 0 spiro atoms. The molecule has 7 heteroatoms. The minimum Gasteiger partial charge on any atom is -0.494 e. The van der Waals surface area contributed by atoms with Crippen LogP contribution in [0.5, 0.6) is 5.75 Å². The molecule has 1 amide bonds. The maximum absolute atomic E-state index is 12.0. The molecule has 0 saturated heterocycles. The van der Waals surface area contributed by atoms with Crippen molar-refractivity contribution in [1.29, 1.82) is 0 Å². The fraction of sp³-hybridized carbons (Fsp3) is 0.353. The van der Waals surface area contributed by atoms with Gasteiger partial charge in [0.15, 0.2) is 5.96 Å². The Kier molecular flexibility index (Phi) is 4.24. The van der Waals surface area contributed by atoms with Crippen molar-refractivity contribution in [2.45, 2.75) is 19.4 Å². The van der Waals surface area contributed by atoms with Crippen molar-refractivity contribution in [3.8, 4) is 17.0 Å². The molecule has 0 fully saturated rings. The molecular formula is C17H21N5O2. The van der Waals surface area contributed by atoms with Crippen molar-refractivity contribution in [1.82, 2.24) is 14.7 Å². The highest BCUT2D eigenvalue weighted by molar-refractivity contribution is 5.98. The third-order valence-corrected chi connectivity index (χ3v) is 4.07. The fourth-order valence-corrected chi connectivity index (χ4v) is 2.74. The SMILES string of the molecule is CCOc1cccc(-c2cc([C@@H]3CC(=O)N(C)C(N)=N3)n(C)n2)c1. The first kappa shape index (κ1) is 16.0. The van der Waals surface area contributed by atoms with E-state index in [1.165, 1.54) is 4.90 Å². The third-order valence-electron chi connectivity index (χ3n) is 4.07. The van der Waals surface area contributed by atoms with E-state index in [9.17, 15) is 4.79 Å². The molecule has 1 aromatic carbocycles. The lowest BCUT2D eigenvalue weighted by Crippen LogP contribution is -2.43. The summed E-state index contributed by atoms with van der Waals surface area (Å²) in [5.41, 5.74) is 8.46. The molecule has 2 aromatic rings. The number of nitrogens with zero attached hydrogens (tertiary/aromatic N) is 4. The maximum Gasteiger partial charge on any atom is 0.231 e. The number of aliphatic imine (C=N–C) groups is 1. The summed E-state index contributed by atoms with van der Waals surface area (Å²) in [4.78, 5) is 17.8.